The van der Waals surface area contributed by atoms with E-state index in [4.69, 9.17) is 5.73 Å². The molecule has 1 saturated heterocycles. The molecule has 2 heterocycles. The molecule has 0 bridgehead atoms. The summed E-state index contributed by atoms with van der Waals surface area (Å²) in [6.07, 6.45) is 4.98. The molecule has 0 spiro atoms. The van der Waals surface area contributed by atoms with Crippen LogP contribution in [0.1, 0.15) is 75.0 Å². The quantitative estimate of drug-likeness (QED) is 0.268. The van der Waals surface area contributed by atoms with E-state index in [0.29, 0.717) is 42.8 Å². The Morgan fingerprint density at radius 3 is 2.17 bits per heavy atom. The summed E-state index contributed by atoms with van der Waals surface area (Å²) < 4.78 is 0. The third-order valence-corrected chi connectivity index (χ3v) is 8.37. The van der Waals surface area contributed by atoms with Gasteiger partial charge in [0.1, 0.15) is 0 Å². The topological polar surface area (TPSA) is 171 Å². The number of aromatic amines is 1. The van der Waals surface area contributed by atoms with Crippen molar-refractivity contribution in [2.24, 2.45) is 5.73 Å². The summed E-state index contributed by atoms with van der Waals surface area (Å²) in [6, 6.07) is 11.2. The Morgan fingerprint density at radius 2 is 1.64 bits per heavy atom. The van der Waals surface area contributed by atoms with Gasteiger partial charge in [0.2, 0.25) is 5.91 Å². The summed E-state index contributed by atoms with van der Waals surface area (Å²) in [7, 11) is 3.22. The van der Waals surface area contributed by atoms with Crippen molar-refractivity contribution in [2.75, 3.05) is 27.2 Å². The van der Waals surface area contributed by atoms with Gasteiger partial charge in [-0.3, -0.25) is 14.4 Å². The van der Waals surface area contributed by atoms with Gasteiger partial charge < -0.3 is 26.6 Å². The number of rotatable bonds is 8. The van der Waals surface area contributed by atoms with Gasteiger partial charge in [-0.1, -0.05) is 17.3 Å². The number of allylic oxidation sites excluding steroid dienone is 1. The monoisotopic (exact) mass is 571 g/mol. The van der Waals surface area contributed by atoms with Gasteiger partial charge in [-0.05, 0) is 85.5 Å². The number of aromatic nitrogens is 4. The Balaban J connectivity index is 1.59. The molecule has 0 radical (unpaired) electrons. The van der Waals surface area contributed by atoms with Crippen molar-refractivity contribution in [3.8, 4) is 0 Å². The number of nitrogens with zero attached hydrogens (tertiary/aromatic N) is 4. The highest BCUT2D eigenvalue weighted by molar-refractivity contribution is 5.95. The third kappa shape index (κ3) is 5.25. The molecule has 6 N–H and O–H groups in total. The first-order chi connectivity index (χ1) is 20.3. The first-order valence-corrected chi connectivity index (χ1v) is 14.2. The summed E-state index contributed by atoms with van der Waals surface area (Å²) in [5.41, 5.74) is 10.7. The number of H-pyrrole nitrogens is 1. The van der Waals surface area contributed by atoms with Crippen molar-refractivity contribution in [1.29, 1.82) is 0 Å². The average molecular weight is 572 g/mol. The molecule has 0 unspecified atom stereocenters. The number of benzene rings is 2. The van der Waals surface area contributed by atoms with Crippen LogP contribution in [-0.4, -0.2) is 76.5 Å². The van der Waals surface area contributed by atoms with Gasteiger partial charge in [0.15, 0.2) is 5.82 Å². The van der Waals surface area contributed by atoms with Crippen LogP contribution in [-0.2, 0) is 23.1 Å². The molecule has 2 aromatic carbocycles. The average Bonchev–Trinajstić information content (AvgIpc) is 3.71. The minimum absolute atomic E-state index is 0.0308. The van der Waals surface area contributed by atoms with Gasteiger partial charge in [0.05, 0.1) is 12.0 Å². The van der Waals surface area contributed by atoms with Crippen molar-refractivity contribution in [2.45, 2.75) is 50.5 Å². The maximum Gasteiger partial charge on any atom is 0.251 e. The van der Waals surface area contributed by atoms with E-state index < -0.39 is 5.41 Å². The Labute approximate surface area is 244 Å². The van der Waals surface area contributed by atoms with Gasteiger partial charge in [0.25, 0.3) is 11.8 Å². The normalized spacial score (nSPS) is 17.2. The molecule has 0 saturated carbocycles. The number of amides is 3. The maximum atomic E-state index is 13.1. The first-order valence-electron chi connectivity index (χ1n) is 14.2. The number of hydrogen-bond donors (Lipinski definition) is 5. The molecule has 3 aromatic rings. The van der Waals surface area contributed by atoms with Gasteiger partial charge in [-0.2, -0.15) is 5.21 Å². The number of carbonyl (C=O) groups is 3. The zero-order chi connectivity index (χ0) is 29.9. The van der Waals surface area contributed by atoms with E-state index in [-0.39, 0.29) is 30.3 Å². The molecule has 5 rings (SSSR count). The largest absolute Gasteiger partial charge is 0.403 e. The number of aryl methyl sites for hydroxylation is 2. The number of tetrazole rings is 1. The third-order valence-electron chi connectivity index (χ3n) is 8.37. The van der Waals surface area contributed by atoms with Crippen molar-refractivity contribution in [3.63, 3.8) is 0 Å². The first kappa shape index (κ1) is 28.9. The van der Waals surface area contributed by atoms with Gasteiger partial charge in [-0.15, -0.1) is 10.2 Å². The van der Waals surface area contributed by atoms with Crippen LogP contribution in [0.3, 0.4) is 0 Å². The predicted octanol–water partition coefficient (Wildman–Crippen LogP) is 1.14. The number of nitrogens with two attached hydrogens (primary N) is 1. The van der Waals surface area contributed by atoms with Crippen molar-refractivity contribution in [1.82, 2.24) is 41.5 Å². The van der Waals surface area contributed by atoms with E-state index in [9.17, 15) is 14.4 Å². The molecule has 1 aliphatic heterocycles. The van der Waals surface area contributed by atoms with Crippen LogP contribution in [0.15, 0.2) is 48.3 Å². The molecule has 220 valence electrons. The van der Waals surface area contributed by atoms with E-state index in [0.717, 1.165) is 40.8 Å². The molecular formula is C30H37N9O3. The Bertz CT molecular complexity index is 1450. The molecule has 42 heavy (non-hydrogen) atoms. The van der Waals surface area contributed by atoms with Gasteiger partial charge in [0, 0.05) is 49.7 Å². The molecule has 12 nitrogen and oxygen atoms in total. The SMILES string of the molecule is CNC(=O)c1ccc2c(c1)CCc1cc(C(=O)NC)ccc1C2(C[C@H](C)NCC(=O)N1CCCC1=CN)c1nn[nH]n1. The zero-order valence-corrected chi connectivity index (χ0v) is 24.2. The highest BCUT2D eigenvalue weighted by Gasteiger charge is 2.45. The molecule has 1 atom stereocenters. The molecular weight excluding hydrogens is 534 g/mol. The van der Waals surface area contributed by atoms with Crippen LogP contribution in [0.2, 0.25) is 0 Å². The fourth-order valence-corrected chi connectivity index (χ4v) is 6.36. The number of hydrogen-bond acceptors (Lipinski definition) is 8. The Kier molecular flexibility index (Phi) is 8.34. The summed E-state index contributed by atoms with van der Waals surface area (Å²) in [5.74, 6) is 0.0953. The van der Waals surface area contributed by atoms with E-state index >= 15 is 0 Å². The van der Waals surface area contributed by atoms with Crippen LogP contribution >= 0.6 is 0 Å². The number of carbonyl (C=O) groups excluding carboxylic acids is 3. The minimum Gasteiger partial charge on any atom is -0.403 e. The second kappa shape index (κ2) is 12.1. The molecule has 12 heteroatoms. The van der Waals surface area contributed by atoms with E-state index in [1.807, 2.05) is 43.3 Å². The Morgan fingerprint density at radius 1 is 1.02 bits per heavy atom. The van der Waals surface area contributed by atoms with E-state index in [1.54, 1.807) is 19.0 Å². The number of nitrogens with one attached hydrogen (secondary N) is 4. The minimum atomic E-state index is -0.887. The van der Waals surface area contributed by atoms with Crippen LogP contribution in [0.25, 0.3) is 0 Å². The lowest BCUT2D eigenvalue weighted by atomic mass is 9.67. The number of likely N-dealkylation sites (tertiary alicyclic amines) is 1. The predicted molar refractivity (Wildman–Crippen MR) is 156 cm³/mol. The second-order valence-electron chi connectivity index (χ2n) is 10.8. The summed E-state index contributed by atoms with van der Waals surface area (Å²) in [5, 5.41) is 24.4. The van der Waals surface area contributed by atoms with Crippen LogP contribution < -0.4 is 21.7 Å². The van der Waals surface area contributed by atoms with Gasteiger partial charge in [-0.25, -0.2) is 0 Å². The fourth-order valence-electron chi connectivity index (χ4n) is 6.36. The van der Waals surface area contributed by atoms with Crippen molar-refractivity contribution < 1.29 is 14.4 Å². The lowest BCUT2D eigenvalue weighted by Crippen LogP contribution is -2.44. The summed E-state index contributed by atoms with van der Waals surface area (Å²) in [6.45, 7) is 2.83. The summed E-state index contributed by atoms with van der Waals surface area (Å²) in [4.78, 5) is 40.0. The van der Waals surface area contributed by atoms with Crippen molar-refractivity contribution in [3.05, 3.63) is 87.5 Å². The summed E-state index contributed by atoms with van der Waals surface area (Å²) >= 11 is 0. The van der Waals surface area contributed by atoms with Crippen molar-refractivity contribution >= 4 is 17.7 Å². The highest BCUT2D eigenvalue weighted by Crippen LogP contribution is 2.47. The lowest BCUT2D eigenvalue weighted by molar-refractivity contribution is -0.127. The van der Waals surface area contributed by atoms with Gasteiger partial charge >= 0.3 is 0 Å². The van der Waals surface area contributed by atoms with E-state index in [1.165, 1.54) is 6.20 Å². The molecule has 3 amide bonds. The Hall–Kier alpha value is -4.58. The molecule has 1 aromatic heterocycles. The second-order valence-corrected chi connectivity index (χ2v) is 10.8. The molecule has 1 fully saturated rings. The highest BCUT2D eigenvalue weighted by atomic mass is 16.2. The fraction of sp³-hybridized carbons (Fsp3) is 0.400. The molecule has 2 aliphatic rings. The lowest BCUT2D eigenvalue weighted by Gasteiger charge is -2.36. The smallest absolute Gasteiger partial charge is 0.251 e. The van der Waals surface area contributed by atoms with Crippen LogP contribution in [0.4, 0.5) is 0 Å². The number of fused-ring (bicyclic) bond motifs is 2. The van der Waals surface area contributed by atoms with E-state index in [2.05, 4.69) is 36.6 Å². The molecule has 1 aliphatic carbocycles. The standard InChI is InChI=1S/C30H37N9O3/c1-18(34-17-26(40)39-12-4-5-23(39)16-31)15-30(29-35-37-38-36-29)24-10-8-21(27(41)32-2)13-19(24)6-7-20-14-22(28(42)33-3)9-11-25(20)30/h8-11,13-14,16,18,34H,4-7,12,15,17,31H2,1-3H3,(H,32,41)(H,33,42)(H,35,36,37,38)/t18-/m0/s1. The zero-order valence-electron chi connectivity index (χ0n) is 24.2. The van der Waals surface area contributed by atoms with Crippen LogP contribution in [0, 0.1) is 0 Å². The maximum absolute atomic E-state index is 13.1. The van der Waals surface area contributed by atoms with Crippen LogP contribution in [0.5, 0.6) is 0 Å².